The summed E-state index contributed by atoms with van der Waals surface area (Å²) in [6.07, 6.45) is 0. The Labute approximate surface area is 110 Å². The molecule has 0 unspecified atom stereocenters. The van der Waals surface area contributed by atoms with E-state index in [1.807, 2.05) is 0 Å². The lowest BCUT2D eigenvalue weighted by Crippen LogP contribution is -2.14. The van der Waals surface area contributed by atoms with Crippen LogP contribution in [0.15, 0.2) is 36.4 Å². The van der Waals surface area contributed by atoms with Gasteiger partial charge in [0.05, 0.1) is 5.69 Å². The Bertz CT molecular complexity index is 600. The number of anilines is 3. The van der Waals surface area contributed by atoms with Crippen molar-refractivity contribution in [1.82, 2.24) is 0 Å². The predicted octanol–water partition coefficient (Wildman–Crippen LogP) is 2.55. The van der Waals surface area contributed by atoms with Crippen LogP contribution in [0.25, 0.3) is 0 Å². The van der Waals surface area contributed by atoms with Crippen molar-refractivity contribution in [3.63, 3.8) is 0 Å². The summed E-state index contributed by atoms with van der Waals surface area (Å²) in [5, 5.41) is 2.52. The molecule has 0 saturated carbocycles. The van der Waals surface area contributed by atoms with E-state index < -0.39 is 11.7 Å². The number of hydrogen-bond acceptors (Lipinski definition) is 3. The van der Waals surface area contributed by atoms with E-state index in [0.29, 0.717) is 22.5 Å². The van der Waals surface area contributed by atoms with Crippen LogP contribution in [0.2, 0.25) is 0 Å². The summed E-state index contributed by atoms with van der Waals surface area (Å²) in [7, 11) is 0. The monoisotopic (exact) mass is 259 g/mol. The fourth-order valence-corrected chi connectivity index (χ4v) is 1.78. The van der Waals surface area contributed by atoms with Crippen molar-refractivity contribution >= 4 is 23.0 Å². The van der Waals surface area contributed by atoms with Crippen LogP contribution >= 0.6 is 0 Å². The zero-order valence-corrected chi connectivity index (χ0v) is 10.4. The van der Waals surface area contributed by atoms with Crippen LogP contribution in [0.5, 0.6) is 0 Å². The third-order valence-corrected chi connectivity index (χ3v) is 2.70. The molecule has 0 aromatic heterocycles. The Balaban J connectivity index is 2.31. The summed E-state index contributed by atoms with van der Waals surface area (Å²) in [5.74, 6) is -0.933. The quantitative estimate of drug-likeness (QED) is 0.725. The Morgan fingerprint density at radius 2 is 1.79 bits per heavy atom. The number of nitrogen functional groups attached to an aromatic ring is 2. The van der Waals surface area contributed by atoms with Gasteiger partial charge in [-0.15, -0.1) is 0 Å². The molecule has 0 spiro atoms. The van der Waals surface area contributed by atoms with Crippen molar-refractivity contribution in [3.05, 3.63) is 53.3 Å². The summed E-state index contributed by atoms with van der Waals surface area (Å²) < 4.78 is 13.6. The molecular weight excluding hydrogens is 245 g/mol. The van der Waals surface area contributed by atoms with Crippen LogP contribution in [0.3, 0.4) is 0 Å². The molecule has 5 heteroatoms. The summed E-state index contributed by atoms with van der Waals surface area (Å²) in [6, 6.07) is 9.11. The first-order chi connectivity index (χ1) is 8.97. The van der Waals surface area contributed by atoms with Gasteiger partial charge in [-0.25, -0.2) is 4.39 Å². The van der Waals surface area contributed by atoms with Crippen LogP contribution in [0.1, 0.15) is 15.9 Å². The molecule has 0 radical (unpaired) electrons. The van der Waals surface area contributed by atoms with Crippen molar-refractivity contribution in [2.75, 3.05) is 16.8 Å². The second-order valence-electron chi connectivity index (χ2n) is 4.27. The first kappa shape index (κ1) is 12.9. The van der Waals surface area contributed by atoms with Gasteiger partial charge in [0, 0.05) is 16.9 Å². The van der Waals surface area contributed by atoms with Crippen LogP contribution in [-0.2, 0) is 0 Å². The molecule has 0 heterocycles. The van der Waals surface area contributed by atoms with E-state index in [2.05, 4.69) is 5.32 Å². The SMILES string of the molecule is Cc1cccc(F)c1NC(=O)c1cc(N)cc(N)c1. The Kier molecular flexibility index (Phi) is 3.37. The van der Waals surface area contributed by atoms with Crippen molar-refractivity contribution < 1.29 is 9.18 Å². The number of benzene rings is 2. The van der Waals surface area contributed by atoms with E-state index in [9.17, 15) is 9.18 Å². The number of para-hydroxylation sites is 1. The first-order valence-electron chi connectivity index (χ1n) is 5.70. The van der Waals surface area contributed by atoms with Crippen LogP contribution in [0.4, 0.5) is 21.5 Å². The summed E-state index contributed by atoms with van der Waals surface area (Å²) in [5.41, 5.74) is 13.1. The van der Waals surface area contributed by atoms with E-state index in [1.54, 1.807) is 25.1 Å². The van der Waals surface area contributed by atoms with Crippen LogP contribution in [0, 0.1) is 12.7 Å². The number of carbonyl (C=O) groups excluding carboxylic acids is 1. The highest BCUT2D eigenvalue weighted by Gasteiger charge is 2.12. The molecule has 2 aromatic rings. The highest BCUT2D eigenvalue weighted by atomic mass is 19.1. The minimum absolute atomic E-state index is 0.161. The minimum Gasteiger partial charge on any atom is -0.399 e. The van der Waals surface area contributed by atoms with Gasteiger partial charge >= 0.3 is 0 Å². The second-order valence-corrected chi connectivity index (χ2v) is 4.27. The number of nitrogens with one attached hydrogen (secondary N) is 1. The largest absolute Gasteiger partial charge is 0.399 e. The Morgan fingerprint density at radius 3 is 2.37 bits per heavy atom. The van der Waals surface area contributed by atoms with Crippen molar-refractivity contribution in [1.29, 1.82) is 0 Å². The van der Waals surface area contributed by atoms with Gasteiger partial charge in [-0.3, -0.25) is 4.79 Å². The van der Waals surface area contributed by atoms with Gasteiger partial charge in [0.1, 0.15) is 5.82 Å². The lowest BCUT2D eigenvalue weighted by Gasteiger charge is -2.10. The number of nitrogens with two attached hydrogens (primary N) is 2. The topological polar surface area (TPSA) is 81.1 Å². The fourth-order valence-electron chi connectivity index (χ4n) is 1.78. The summed E-state index contributed by atoms with van der Waals surface area (Å²) in [4.78, 5) is 12.0. The predicted molar refractivity (Wildman–Crippen MR) is 74.4 cm³/mol. The number of aryl methyl sites for hydroxylation is 1. The van der Waals surface area contributed by atoms with Gasteiger partial charge in [-0.2, -0.15) is 0 Å². The standard InChI is InChI=1S/C14H14FN3O/c1-8-3-2-4-12(15)13(8)18-14(19)9-5-10(16)7-11(17)6-9/h2-7H,16-17H2,1H3,(H,18,19). The van der Waals surface area contributed by atoms with Gasteiger partial charge in [0.25, 0.3) is 5.91 Å². The van der Waals surface area contributed by atoms with Gasteiger partial charge in [0.2, 0.25) is 0 Å². The van der Waals surface area contributed by atoms with E-state index in [0.717, 1.165) is 0 Å². The van der Waals surface area contributed by atoms with Crippen molar-refractivity contribution in [3.8, 4) is 0 Å². The average Bonchev–Trinajstić information content (AvgIpc) is 2.32. The number of carbonyl (C=O) groups is 1. The summed E-state index contributed by atoms with van der Waals surface area (Å²) in [6.45, 7) is 1.71. The molecule has 0 bridgehead atoms. The lowest BCUT2D eigenvalue weighted by atomic mass is 10.1. The Morgan fingerprint density at radius 1 is 1.16 bits per heavy atom. The summed E-state index contributed by atoms with van der Waals surface area (Å²) >= 11 is 0. The maximum atomic E-state index is 13.6. The molecule has 4 nitrogen and oxygen atoms in total. The smallest absolute Gasteiger partial charge is 0.255 e. The van der Waals surface area contributed by atoms with E-state index in [1.165, 1.54) is 18.2 Å². The third-order valence-electron chi connectivity index (χ3n) is 2.70. The highest BCUT2D eigenvalue weighted by Crippen LogP contribution is 2.21. The molecule has 98 valence electrons. The van der Waals surface area contributed by atoms with Crippen LogP contribution < -0.4 is 16.8 Å². The van der Waals surface area contributed by atoms with E-state index in [-0.39, 0.29) is 5.69 Å². The molecule has 2 aromatic carbocycles. The number of halogens is 1. The van der Waals surface area contributed by atoms with Crippen molar-refractivity contribution in [2.45, 2.75) is 6.92 Å². The number of rotatable bonds is 2. The zero-order chi connectivity index (χ0) is 14.0. The molecule has 0 fully saturated rings. The van der Waals surface area contributed by atoms with Gasteiger partial charge < -0.3 is 16.8 Å². The molecule has 19 heavy (non-hydrogen) atoms. The fraction of sp³-hybridized carbons (Fsp3) is 0.0714. The number of hydrogen-bond donors (Lipinski definition) is 3. The molecule has 0 atom stereocenters. The third kappa shape index (κ3) is 2.82. The van der Waals surface area contributed by atoms with Crippen LogP contribution in [-0.4, -0.2) is 5.91 Å². The Hall–Kier alpha value is -2.56. The van der Waals surface area contributed by atoms with Gasteiger partial charge in [0.15, 0.2) is 0 Å². The minimum atomic E-state index is -0.481. The maximum Gasteiger partial charge on any atom is 0.255 e. The average molecular weight is 259 g/mol. The lowest BCUT2D eigenvalue weighted by molar-refractivity contribution is 0.102. The van der Waals surface area contributed by atoms with Gasteiger partial charge in [-0.1, -0.05) is 12.1 Å². The number of amides is 1. The highest BCUT2D eigenvalue weighted by molar-refractivity contribution is 6.05. The molecule has 0 aliphatic rings. The van der Waals surface area contributed by atoms with Gasteiger partial charge in [-0.05, 0) is 36.8 Å². The first-order valence-corrected chi connectivity index (χ1v) is 5.70. The molecule has 2 rings (SSSR count). The van der Waals surface area contributed by atoms with E-state index in [4.69, 9.17) is 11.5 Å². The zero-order valence-electron chi connectivity index (χ0n) is 10.4. The second kappa shape index (κ2) is 4.97. The molecule has 0 aliphatic heterocycles. The molecule has 1 amide bonds. The normalized spacial score (nSPS) is 10.2. The molecule has 5 N–H and O–H groups in total. The molecule has 0 saturated heterocycles. The van der Waals surface area contributed by atoms with E-state index >= 15 is 0 Å². The maximum absolute atomic E-state index is 13.6. The van der Waals surface area contributed by atoms with Crippen molar-refractivity contribution in [2.24, 2.45) is 0 Å². The molecule has 0 aliphatic carbocycles. The molecular formula is C14H14FN3O.